The van der Waals surface area contributed by atoms with Crippen molar-refractivity contribution in [1.29, 1.82) is 5.26 Å². The number of aliphatic hydroxyl groups is 1. The third kappa shape index (κ3) is 3.01. The van der Waals surface area contributed by atoms with Gasteiger partial charge in [-0.05, 0) is 43.5 Å². The molecule has 7 nitrogen and oxygen atoms in total. The number of anilines is 1. The van der Waals surface area contributed by atoms with Crippen LogP contribution < -0.4 is 4.90 Å². The van der Waals surface area contributed by atoms with Gasteiger partial charge in [-0.15, -0.1) is 5.10 Å². The van der Waals surface area contributed by atoms with E-state index in [0.717, 1.165) is 12.1 Å². The van der Waals surface area contributed by atoms with Gasteiger partial charge in [0.05, 0.1) is 23.9 Å². The van der Waals surface area contributed by atoms with E-state index in [4.69, 9.17) is 5.26 Å². The Morgan fingerprint density at radius 3 is 2.83 bits per heavy atom. The Kier molecular flexibility index (Phi) is 4.58. The molecule has 1 fully saturated rings. The maximum Gasteiger partial charge on any atom is 0.251 e. The van der Waals surface area contributed by atoms with Crippen LogP contribution in [0.3, 0.4) is 0 Å². The number of nitrogens with zero attached hydrogens (tertiary/aromatic N) is 5. The van der Waals surface area contributed by atoms with Crippen LogP contribution in [-0.2, 0) is 4.79 Å². The molecule has 24 heavy (non-hydrogen) atoms. The zero-order chi connectivity index (χ0) is 17.1. The number of aliphatic hydroxyl groups excluding tert-OH is 1. The number of nitriles is 1. The van der Waals surface area contributed by atoms with Crippen molar-refractivity contribution in [2.75, 3.05) is 11.4 Å². The van der Waals surface area contributed by atoms with Crippen LogP contribution in [0.25, 0.3) is 0 Å². The molecule has 2 heterocycles. The lowest BCUT2D eigenvalue weighted by Gasteiger charge is -2.32. The number of rotatable bonds is 4. The van der Waals surface area contributed by atoms with Crippen LogP contribution in [-0.4, -0.2) is 32.6 Å². The number of hydrogen-bond donors (Lipinski definition) is 1. The first-order valence-electron chi connectivity index (χ1n) is 8.05. The Morgan fingerprint density at radius 2 is 2.17 bits per heavy atom. The molecule has 1 aliphatic rings. The number of benzene rings is 1. The summed E-state index contributed by atoms with van der Waals surface area (Å²) in [5.41, 5.74) is 1.83. The van der Waals surface area contributed by atoms with Gasteiger partial charge in [0.25, 0.3) is 5.91 Å². The van der Waals surface area contributed by atoms with Crippen LogP contribution in [0.4, 0.5) is 5.69 Å². The van der Waals surface area contributed by atoms with Gasteiger partial charge in [-0.3, -0.25) is 4.79 Å². The minimum Gasteiger partial charge on any atom is -0.387 e. The van der Waals surface area contributed by atoms with Crippen molar-refractivity contribution in [3.8, 4) is 6.07 Å². The lowest BCUT2D eigenvalue weighted by Crippen LogP contribution is -2.42. The largest absolute Gasteiger partial charge is 0.387 e. The quantitative estimate of drug-likeness (QED) is 0.927. The highest BCUT2D eigenvalue weighted by Crippen LogP contribution is 2.28. The number of aromatic nitrogens is 3. The van der Waals surface area contributed by atoms with Crippen LogP contribution in [0, 0.1) is 11.3 Å². The van der Waals surface area contributed by atoms with Crippen LogP contribution >= 0.6 is 0 Å². The summed E-state index contributed by atoms with van der Waals surface area (Å²) in [7, 11) is 0. The van der Waals surface area contributed by atoms with Crippen LogP contribution in [0.5, 0.6) is 0 Å². The highest BCUT2D eigenvalue weighted by molar-refractivity contribution is 5.96. The van der Waals surface area contributed by atoms with E-state index < -0.39 is 12.1 Å². The van der Waals surface area contributed by atoms with E-state index in [-0.39, 0.29) is 5.91 Å². The zero-order valence-corrected chi connectivity index (χ0v) is 13.5. The molecule has 2 unspecified atom stereocenters. The van der Waals surface area contributed by atoms with E-state index >= 15 is 0 Å². The van der Waals surface area contributed by atoms with E-state index in [9.17, 15) is 9.90 Å². The molecule has 1 aliphatic heterocycles. The topological polar surface area (TPSA) is 95.0 Å². The highest BCUT2D eigenvalue weighted by Gasteiger charge is 2.32. The molecule has 0 radical (unpaired) electrons. The summed E-state index contributed by atoms with van der Waals surface area (Å²) in [6, 6.07) is 8.64. The Morgan fingerprint density at radius 1 is 1.42 bits per heavy atom. The third-order valence-electron chi connectivity index (χ3n) is 4.29. The highest BCUT2D eigenvalue weighted by atomic mass is 16.3. The Balaban J connectivity index is 1.82. The van der Waals surface area contributed by atoms with E-state index in [1.165, 1.54) is 0 Å². The minimum absolute atomic E-state index is 0.0478. The molecule has 1 N–H and O–H groups in total. The molecule has 3 rings (SSSR count). The number of hydrogen-bond acceptors (Lipinski definition) is 5. The standard InChI is InChI=1S/C17H19N5O2/c1-2-16(23)14-11-22(20-19-14)15-4-3-9-21(17(15)24)13-7-5-12(10-18)6-8-13/h5-8,11,15-16,23H,2-4,9H2,1H3. The van der Waals surface area contributed by atoms with Crippen molar-refractivity contribution in [3.05, 3.63) is 41.7 Å². The molecule has 0 aliphatic carbocycles. The van der Waals surface area contributed by atoms with Crippen molar-refractivity contribution in [1.82, 2.24) is 15.0 Å². The van der Waals surface area contributed by atoms with Crippen LogP contribution in [0.2, 0.25) is 0 Å². The summed E-state index contributed by atoms with van der Waals surface area (Å²) in [5, 5.41) is 26.7. The molecule has 1 saturated heterocycles. The normalized spacial score (nSPS) is 19.1. The van der Waals surface area contributed by atoms with E-state index in [1.807, 2.05) is 6.92 Å². The van der Waals surface area contributed by atoms with Gasteiger partial charge >= 0.3 is 0 Å². The number of amides is 1. The Hall–Kier alpha value is -2.72. The summed E-state index contributed by atoms with van der Waals surface area (Å²) in [5.74, 6) is -0.0478. The van der Waals surface area contributed by atoms with Crippen LogP contribution in [0.15, 0.2) is 30.5 Å². The van der Waals surface area contributed by atoms with Gasteiger partial charge in [-0.1, -0.05) is 12.1 Å². The van der Waals surface area contributed by atoms with Gasteiger partial charge < -0.3 is 10.0 Å². The summed E-state index contributed by atoms with van der Waals surface area (Å²) in [6.45, 7) is 2.50. The summed E-state index contributed by atoms with van der Waals surface area (Å²) in [4.78, 5) is 14.6. The molecule has 0 spiro atoms. The zero-order valence-electron chi connectivity index (χ0n) is 13.5. The fourth-order valence-corrected chi connectivity index (χ4v) is 2.88. The fourth-order valence-electron chi connectivity index (χ4n) is 2.88. The predicted molar refractivity (Wildman–Crippen MR) is 87.1 cm³/mol. The SMILES string of the molecule is CCC(O)c1cn(C2CCCN(c3ccc(C#N)cc3)C2=O)nn1. The van der Waals surface area contributed by atoms with Gasteiger partial charge in [0.1, 0.15) is 11.7 Å². The van der Waals surface area contributed by atoms with E-state index in [2.05, 4.69) is 16.4 Å². The second-order valence-electron chi connectivity index (χ2n) is 5.85. The van der Waals surface area contributed by atoms with Crippen molar-refractivity contribution in [2.24, 2.45) is 0 Å². The molecule has 124 valence electrons. The third-order valence-corrected chi connectivity index (χ3v) is 4.29. The molecule has 0 bridgehead atoms. The monoisotopic (exact) mass is 325 g/mol. The number of piperidine rings is 1. The second kappa shape index (κ2) is 6.81. The minimum atomic E-state index is -0.660. The maximum absolute atomic E-state index is 12.8. The first-order chi connectivity index (χ1) is 11.6. The first kappa shape index (κ1) is 16.1. The average molecular weight is 325 g/mol. The molecule has 2 atom stereocenters. The Bertz CT molecular complexity index is 762. The maximum atomic E-state index is 12.8. The first-order valence-corrected chi connectivity index (χ1v) is 8.05. The molecule has 0 saturated carbocycles. The fraction of sp³-hybridized carbons (Fsp3) is 0.412. The smallest absolute Gasteiger partial charge is 0.251 e. The van der Waals surface area contributed by atoms with Crippen molar-refractivity contribution >= 4 is 11.6 Å². The van der Waals surface area contributed by atoms with Crippen molar-refractivity contribution in [3.63, 3.8) is 0 Å². The van der Waals surface area contributed by atoms with Gasteiger partial charge in [-0.2, -0.15) is 5.26 Å². The molecule has 1 aromatic carbocycles. The van der Waals surface area contributed by atoms with E-state index in [1.54, 1.807) is 40.0 Å². The van der Waals surface area contributed by atoms with Gasteiger partial charge in [0.2, 0.25) is 0 Å². The second-order valence-corrected chi connectivity index (χ2v) is 5.85. The summed E-state index contributed by atoms with van der Waals surface area (Å²) < 4.78 is 1.55. The molecule has 7 heteroatoms. The number of carbonyl (C=O) groups excluding carboxylic acids is 1. The summed E-state index contributed by atoms with van der Waals surface area (Å²) >= 11 is 0. The van der Waals surface area contributed by atoms with Crippen LogP contribution in [0.1, 0.15) is 49.6 Å². The lowest BCUT2D eigenvalue weighted by atomic mass is 10.0. The molecule has 2 aromatic rings. The molecular formula is C17H19N5O2. The van der Waals surface area contributed by atoms with Gasteiger partial charge in [0, 0.05) is 12.2 Å². The molecule has 1 aromatic heterocycles. The van der Waals surface area contributed by atoms with Crippen molar-refractivity contribution in [2.45, 2.75) is 38.3 Å². The molecule has 1 amide bonds. The number of carbonyl (C=O) groups is 1. The predicted octanol–water partition coefficient (Wildman–Crippen LogP) is 1.96. The van der Waals surface area contributed by atoms with Gasteiger partial charge in [0.15, 0.2) is 0 Å². The molecular weight excluding hydrogens is 306 g/mol. The lowest BCUT2D eigenvalue weighted by molar-refractivity contribution is -0.123. The van der Waals surface area contributed by atoms with Gasteiger partial charge in [-0.25, -0.2) is 4.68 Å². The summed E-state index contributed by atoms with van der Waals surface area (Å²) in [6.07, 6.45) is 3.08. The average Bonchev–Trinajstić information content (AvgIpc) is 3.11. The Labute approximate surface area is 140 Å². The van der Waals surface area contributed by atoms with Crippen molar-refractivity contribution < 1.29 is 9.90 Å². The van der Waals surface area contributed by atoms with E-state index in [0.29, 0.717) is 30.6 Å².